The fourth-order valence-electron chi connectivity index (χ4n) is 0.751. The number of halogens is 1. The maximum atomic E-state index is 11.3. The van der Waals surface area contributed by atoms with Gasteiger partial charge in [0.2, 0.25) is 0 Å². The summed E-state index contributed by atoms with van der Waals surface area (Å²) >= 11 is 5.68. The minimum Gasteiger partial charge on any atom is -0.314 e. The van der Waals surface area contributed by atoms with Crippen molar-refractivity contribution < 1.29 is 8.42 Å². The van der Waals surface area contributed by atoms with Crippen LogP contribution in [0.5, 0.6) is 0 Å². The molecule has 0 aromatic carbocycles. The first-order valence-electron chi connectivity index (χ1n) is 4.42. The van der Waals surface area contributed by atoms with Crippen molar-refractivity contribution in [3.8, 4) is 0 Å². The molecule has 0 aliphatic heterocycles. The van der Waals surface area contributed by atoms with Crippen LogP contribution in [0, 0.1) is 0 Å². The number of hydrogen-bond donors (Lipinski definition) is 1. The Balaban J connectivity index is 3.66. The van der Waals surface area contributed by atoms with E-state index in [0.717, 1.165) is 0 Å². The van der Waals surface area contributed by atoms with Crippen LogP contribution in [-0.2, 0) is 9.84 Å². The maximum absolute atomic E-state index is 11.3. The summed E-state index contributed by atoms with van der Waals surface area (Å²) in [5.74, 6) is 0.189. The molecule has 5 heteroatoms. The molecule has 0 saturated heterocycles. The van der Waals surface area contributed by atoms with Crippen LogP contribution in [0.4, 0.5) is 0 Å². The van der Waals surface area contributed by atoms with Gasteiger partial charge in [-0.05, 0) is 20.8 Å². The second kappa shape index (κ2) is 5.83. The van der Waals surface area contributed by atoms with E-state index in [1.54, 1.807) is 13.8 Å². The Morgan fingerprint density at radius 2 is 1.85 bits per heavy atom. The lowest BCUT2D eigenvalue weighted by molar-refractivity contribution is 0.582. The van der Waals surface area contributed by atoms with Crippen molar-refractivity contribution >= 4 is 21.4 Å². The molecule has 0 spiro atoms. The van der Waals surface area contributed by atoms with Crippen molar-refractivity contribution in [1.29, 1.82) is 0 Å². The van der Waals surface area contributed by atoms with Gasteiger partial charge in [-0.25, -0.2) is 8.42 Å². The van der Waals surface area contributed by atoms with Crippen LogP contribution in [-0.4, -0.2) is 37.9 Å². The fourth-order valence-corrected chi connectivity index (χ4v) is 1.76. The predicted molar refractivity (Wildman–Crippen MR) is 57.1 cm³/mol. The summed E-state index contributed by atoms with van der Waals surface area (Å²) in [6, 6.07) is 0. The molecule has 13 heavy (non-hydrogen) atoms. The molecule has 80 valence electrons. The molecule has 0 radical (unpaired) electrons. The van der Waals surface area contributed by atoms with Gasteiger partial charge in [-0.1, -0.05) is 0 Å². The predicted octanol–water partition coefficient (Wildman–Crippen LogP) is 1.03. The molecule has 3 nitrogen and oxygen atoms in total. The summed E-state index contributed by atoms with van der Waals surface area (Å²) in [7, 11) is -2.90. The van der Waals surface area contributed by atoms with Crippen LogP contribution in [0.25, 0.3) is 0 Å². The van der Waals surface area contributed by atoms with Crippen LogP contribution < -0.4 is 5.32 Å². The fraction of sp³-hybridized carbons (Fsp3) is 1.00. The third-order valence-corrected chi connectivity index (χ3v) is 4.07. The van der Waals surface area contributed by atoms with Crippen molar-refractivity contribution in [2.75, 3.05) is 18.8 Å². The summed E-state index contributed by atoms with van der Waals surface area (Å²) in [4.78, 5) is 0. The molecule has 0 bridgehead atoms. The Morgan fingerprint density at radius 3 is 2.23 bits per heavy atom. The van der Waals surface area contributed by atoms with E-state index in [-0.39, 0.29) is 16.4 Å². The molecule has 0 amide bonds. The van der Waals surface area contributed by atoms with Crippen LogP contribution in [0.2, 0.25) is 0 Å². The third-order valence-electron chi connectivity index (χ3n) is 1.71. The molecule has 0 rings (SSSR count). The number of alkyl halides is 1. The summed E-state index contributed by atoms with van der Waals surface area (Å²) in [5, 5.41) is 2.74. The molecule has 1 atom stereocenters. The molecular formula is C8H18ClNO2S. The van der Waals surface area contributed by atoms with Crippen molar-refractivity contribution in [1.82, 2.24) is 5.32 Å². The minimum atomic E-state index is -2.90. The van der Waals surface area contributed by atoms with Gasteiger partial charge in [0.25, 0.3) is 0 Å². The van der Waals surface area contributed by atoms with Crippen molar-refractivity contribution in [3.05, 3.63) is 0 Å². The summed E-state index contributed by atoms with van der Waals surface area (Å²) < 4.78 is 22.6. The first-order valence-corrected chi connectivity index (χ1v) is 6.58. The van der Waals surface area contributed by atoms with Gasteiger partial charge < -0.3 is 5.32 Å². The second-order valence-corrected chi connectivity index (χ2v) is 6.82. The molecule has 0 aromatic heterocycles. The Morgan fingerprint density at radius 1 is 1.31 bits per heavy atom. The molecule has 0 aromatic rings. The summed E-state index contributed by atoms with van der Waals surface area (Å²) in [6.07, 6.45) is 0. The monoisotopic (exact) mass is 227 g/mol. The van der Waals surface area contributed by atoms with Crippen LogP contribution in [0.3, 0.4) is 0 Å². The molecule has 0 aliphatic rings. The minimum absolute atomic E-state index is 0.0433. The third kappa shape index (κ3) is 6.29. The zero-order chi connectivity index (χ0) is 10.5. The van der Waals surface area contributed by atoms with Gasteiger partial charge in [-0.2, -0.15) is 0 Å². The highest BCUT2D eigenvalue weighted by molar-refractivity contribution is 7.92. The molecule has 0 heterocycles. The first-order chi connectivity index (χ1) is 5.86. The SMILES string of the molecule is CC(Cl)CNCCS(=O)(=O)C(C)C. The zero-order valence-corrected chi connectivity index (χ0v) is 9.95. The molecule has 0 aliphatic carbocycles. The lowest BCUT2D eigenvalue weighted by Gasteiger charge is -2.09. The van der Waals surface area contributed by atoms with E-state index in [9.17, 15) is 8.42 Å². The van der Waals surface area contributed by atoms with E-state index in [1.807, 2.05) is 6.92 Å². The summed E-state index contributed by atoms with van der Waals surface area (Å²) in [6.45, 7) is 6.39. The normalized spacial score (nSPS) is 14.8. The molecule has 1 N–H and O–H groups in total. The Kier molecular flexibility index (Phi) is 5.92. The number of nitrogens with one attached hydrogen (secondary N) is 1. The Bertz CT molecular complexity index is 224. The van der Waals surface area contributed by atoms with Gasteiger partial charge in [0.1, 0.15) is 0 Å². The standard InChI is InChI=1S/C8H18ClNO2S/c1-7(2)13(11,12)5-4-10-6-8(3)9/h7-8,10H,4-6H2,1-3H3. The van der Waals surface area contributed by atoms with E-state index < -0.39 is 9.84 Å². The average molecular weight is 228 g/mol. The molecule has 1 unspecified atom stereocenters. The average Bonchev–Trinajstić information content (AvgIpc) is 1.97. The van der Waals surface area contributed by atoms with Gasteiger partial charge in [-0.3, -0.25) is 0 Å². The van der Waals surface area contributed by atoms with E-state index in [1.165, 1.54) is 0 Å². The van der Waals surface area contributed by atoms with Gasteiger partial charge >= 0.3 is 0 Å². The quantitative estimate of drug-likeness (QED) is 0.545. The zero-order valence-electron chi connectivity index (χ0n) is 8.38. The topological polar surface area (TPSA) is 46.2 Å². The second-order valence-electron chi connectivity index (χ2n) is 3.40. The Hall–Kier alpha value is 0.200. The van der Waals surface area contributed by atoms with Gasteiger partial charge in [0, 0.05) is 18.5 Å². The highest BCUT2D eigenvalue weighted by Gasteiger charge is 2.14. The first kappa shape index (κ1) is 13.2. The van der Waals surface area contributed by atoms with E-state index >= 15 is 0 Å². The number of rotatable bonds is 6. The van der Waals surface area contributed by atoms with Crippen molar-refractivity contribution in [2.45, 2.75) is 31.4 Å². The largest absolute Gasteiger partial charge is 0.314 e. The van der Waals surface area contributed by atoms with Gasteiger partial charge in [-0.15, -0.1) is 11.6 Å². The number of hydrogen-bond acceptors (Lipinski definition) is 3. The highest BCUT2D eigenvalue weighted by atomic mass is 35.5. The molecular weight excluding hydrogens is 210 g/mol. The van der Waals surface area contributed by atoms with E-state index in [2.05, 4.69) is 5.32 Å². The number of sulfone groups is 1. The van der Waals surface area contributed by atoms with Gasteiger partial charge in [0.05, 0.1) is 11.0 Å². The lowest BCUT2D eigenvalue weighted by atomic mass is 10.5. The smallest absolute Gasteiger partial charge is 0.153 e. The Labute approximate surface area is 85.8 Å². The van der Waals surface area contributed by atoms with Gasteiger partial charge in [0.15, 0.2) is 9.84 Å². The molecule has 0 saturated carbocycles. The highest BCUT2D eigenvalue weighted by Crippen LogP contribution is 1.99. The molecule has 0 fully saturated rings. The summed E-state index contributed by atoms with van der Waals surface area (Å²) in [5.41, 5.74) is 0. The lowest BCUT2D eigenvalue weighted by Crippen LogP contribution is -2.30. The van der Waals surface area contributed by atoms with Crippen LogP contribution in [0.1, 0.15) is 20.8 Å². The van der Waals surface area contributed by atoms with Crippen molar-refractivity contribution in [2.24, 2.45) is 0 Å². The van der Waals surface area contributed by atoms with Crippen molar-refractivity contribution in [3.63, 3.8) is 0 Å². The maximum Gasteiger partial charge on any atom is 0.153 e. The van der Waals surface area contributed by atoms with Crippen LogP contribution in [0.15, 0.2) is 0 Å². The van der Waals surface area contributed by atoms with Crippen LogP contribution >= 0.6 is 11.6 Å². The van der Waals surface area contributed by atoms with E-state index in [4.69, 9.17) is 11.6 Å². The van der Waals surface area contributed by atoms with E-state index in [0.29, 0.717) is 13.1 Å².